The average molecular weight is 133 g/mol. The highest BCUT2D eigenvalue weighted by Crippen LogP contribution is 2.08. The second kappa shape index (κ2) is 3.00. The van der Waals surface area contributed by atoms with Crippen LogP contribution in [0.3, 0.4) is 0 Å². The lowest BCUT2D eigenvalue weighted by Crippen LogP contribution is -1.91. The van der Waals surface area contributed by atoms with E-state index >= 15 is 0 Å². The first-order valence-corrected chi connectivity index (χ1v) is 2.88. The molecule has 0 saturated carbocycles. The van der Waals surface area contributed by atoms with Gasteiger partial charge in [0.1, 0.15) is 6.10 Å². The summed E-state index contributed by atoms with van der Waals surface area (Å²) in [5.41, 5.74) is 0.706. The van der Waals surface area contributed by atoms with Crippen molar-refractivity contribution in [2.24, 2.45) is 0 Å². The SMILES string of the molecule is C#C[C@@H](O)c1ccncc1. The van der Waals surface area contributed by atoms with Gasteiger partial charge in [-0.05, 0) is 17.7 Å². The third kappa shape index (κ3) is 1.34. The van der Waals surface area contributed by atoms with Crippen molar-refractivity contribution in [3.63, 3.8) is 0 Å². The number of hydrogen-bond acceptors (Lipinski definition) is 2. The fourth-order valence-electron chi connectivity index (χ4n) is 0.642. The average Bonchev–Trinajstić information content (AvgIpc) is 2.05. The second-order valence-corrected chi connectivity index (χ2v) is 1.85. The molecule has 1 atom stereocenters. The van der Waals surface area contributed by atoms with Crippen LogP contribution in [-0.2, 0) is 0 Å². The molecule has 0 bridgehead atoms. The lowest BCUT2D eigenvalue weighted by Gasteiger charge is -1.99. The van der Waals surface area contributed by atoms with Crippen molar-refractivity contribution in [3.05, 3.63) is 30.1 Å². The molecule has 0 aliphatic heterocycles. The van der Waals surface area contributed by atoms with Crippen LogP contribution in [0.25, 0.3) is 0 Å². The molecule has 0 aliphatic carbocycles. The van der Waals surface area contributed by atoms with E-state index in [-0.39, 0.29) is 0 Å². The minimum atomic E-state index is -0.803. The smallest absolute Gasteiger partial charge is 0.140 e. The predicted molar refractivity (Wildman–Crippen MR) is 38.0 cm³/mol. The molecule has 2 nitrogen and oxygen atoms in total. The van der Waals surface area contributed by atoms with Gasteiger partial charge in [0.25, 0.3) is 0 Å². The Kier molecular flexibility index (Phi) is 2.03. The second-order valence-electron chi connectivity index (χ2n) is 1.85. The first-order valence-electron chi connectivity index (χ1n) is 2.88. The van der Waals surface area contributed by atoms with Crippen LogP contribution in [0.2, 0.25) is 0 Å². The van der Waals surface area contributed by atoms with Gasteiger partial charge in [-0.1, -0.05) is 5.92 Å². The highest BCUT2D eigenvalue weighted by Gasteiger charge is 1.99. The van der Waals surface area contributed by atoms with Gasteiger partial charge in [0, 0.05) is 12.4 Å². The van der Waals surface area contributed by atoms with Gasteiger partial charge in [0.05, 0.1) is 0 Å². The lowest BCUT2D eigenvalue weighted by molar-refractivity contribution is 0.238. The van der Waals surface area contributed by atoms with Gasteiger partial charge in [-0.15, -0.1) is 6.42 Å². The van der Waals surface area contributed by atoms with Crippen molar-refractivity contribution in [2.75, 3.05) is 0 Å². The maximum Gasteiger partial charge on any atom is 0.140 e. The summed E-state index contributed by atoms with van der Waals surface area (Å²) < 4.78 is 0. The molecule has 1 aromatic heterocycles. The zero-order valence-corrected chi connectivity index (χ0v) is 5.36. The summed E-state index contributed by atoms with van der Waals surface area (Å²) in [6.07, 6.45) is 7.37. The van der Waals surface area contributed by atoms with Crippen LogP contribution in [-0.4, -0.2) is 10.1 Å². The van der Waals surface area contributed by atoms with Gasteiger partial charge >= 0.3 is 0 Å². The number of aliphatic hydroxyl groups excluding tert-OH is 1. The zero-order valence-electron chi connectivity index (χ0n) is 5.36. The molecule has 50 valence electrons. The number of nitrogens with zero attached hydrogens (tertiary/aromatic N) is 1. The highest BCUT2D eigenvalue weighted by molar-refractivity contribution is 5.20. The van der Waals surface area contributed by atoms with Crippen molar-refractivity contribution >= 4 is 0 Å². The molecule has 0 fully saturated rings. The van der Waals surface area contributed by atoms with E-state index < -0.39 is 6.10 Å². The van der Waals surface area contributed by atoms with E-state index in [2.05, 4.69) is 10.9 Å². The Morgan fingerprint density at radius 3 is 2.60 bits per heavy atom. The summed E-state index contributed by atoms with van der Waals surface area (Å²) >= 11 is 0. The van der Waals surface area contributed by atoms with E-state index in [1.54, 1.807) is 24.5 Å². The van der Waals surface area contributed by atoms with Gasteiger partial charge in [0.15, 0.2) is 0 Å². The maximum absolute atomic E-state index is 9.07. The molecule has 1 N–H and O–H groups in total. The number of aliphatic hydroxyl groups is 1. The summed E-state index contributed by atoms with van der Waals surface area (Å²) in [6.45, 7) is 0. The summed E-state index contributed by atoms with van der Waals surface area (Å²) in [5.74, 6) is 2.21. The Labute approximate surface area is 59.5 Å². The molecule has 0 amide bonds. The van der Waals surface area contributed by atoms with Crippen LogP contribution in [0.1, 0.15) is 11.7 Å². The molecule has 1 aromatic rings. The minimum absolute atomic E-state index is 0.706. The van der Waals surface area contributed by atoms with Gasteiger partial charge in [-0.2, -0.15) is 0 Å². The summed E-state index contributed by atoms with van der Waals surface area (Å²) in [6, 6.07) is 3.37. The Hall–Kier alpha value is -1.33. The fraction of sp³-hybridized carbons (Fsp3) is 0.125. The van der Waals surface area contributed by atoms with Crippen molar-refractivity contribution in [2.45, 2.75) is 6.10 Å². The Balaban J connectivity index is 2.88. The van der Waals surface area contributed by atoms with Crippen LogP contribution in [0.4, 0.5) is 0 Å². The Bertz CT molecular complexity index is 237. The van der Waals surface area contributed by atoms with E-state index in [9.17, 15) is 0 Å². The van der Waals surface area contributed by atoms with Crippen molar-refractivity contribution in [3.8, 4) is 12.3 Å². The number of terminal acetylenes is 1. The van der Waals surface area contributed by atoms with Crippen LogP contribution in [0, 0.1) is 12.3 Å². The number of aromatic nitrogens is 1. The summed E-state index contributed by atoms with van der Waals surface area (Å²) in [5, 5.41) is 9.07. The normalized spacial score (nSPS) is 12.0. The molecule has 0 unspecified atom stereocenters. The molecule has 0 spiro atoms. The third-order valence-corrected chi connectivity index (χ3v) is 1.18. The minimum Gasteiger partial charge on any atom is -0.376 e. The van der Waals surface area contributed by atoms with Crippen molar-refractivity contribution in [1.82, 2.24) is 4.98 Å². The van der Waals surface area contributed by atoms with Crippen LogP contribution in [0.15, 0.2) is 24.5 Å². The fourth-order valence-corrected chi connectivity index (χ4v) is 0.642. The molecule has 0 saturated heterocycles. The lowest BCUT2D eigenvalue weighted by atomic mass is 10.2. The zero-order chi connectivity index (χ0) is 7.40. The molecule has 10 heavy (non-hydrogen) atoms. The number of pyridine rings is 1. The van der Waals surface area contributed by atoms with Crippen molar-refractivity contribution < 1.29 is 5.11 Å². The van der Waals surface area contributed by atoms with E-state index in [1.807, 2.05) is 0 Å². The first kappa shape index (κ1) is 6.79. The van der Waals surface area contributed by atoms with Gasteiger partial charge in [-0.25, -0.2) is 0 Å². The van der Waals surface area contributed by atoms with Crippen LogP contribution < -0.4 is 0 Å². The van der Waals surface area contributed by atoms with Gasteiger partial charge in [-0.3, -0.25) is 4.98 Å². The van der Waals surface area contributed by atoms with E-state index in [0.29, 0.717) is 5.56 Å². The maximum atomic E-state index is 9.07. The molecule has 1 heterocycles. The first-order chi connectivity index (χ1) is 4.84. The highest BCUT2D eigenvalue weighted by atomic mass is 16.3. The number of hydrogen-bond donors (Lipinski definition) is 1. The molecular formula is C8H7NO. The van der Waals surface area contributed by atoms with Gasteiger partial charge in [0.2, 0.25) is 0 Å². The summed E-state index contributed by atoms with van der Waals surface area (Å²) in [4.78, 5) is 3.78. The molecular weight excluding hydrogens is 126 g/mol. The monoisotopic (exact) mass is 133 g/mol. The largest absolute Gasteiger partial charge is 0.376 e. The van der Waals surface area contributed by atoms with Gasteiger partial charge < -0.3 is 5.11 Å². The predicted octanol–water partition coefficient (Wildman–Crippen LogP) is 0.748. The quantitative estimate of drug-likeness (QED) is 0.573. The van der Waals surface area contributed by atoms with E-state index in [1.165, 1.54) is 0 Å². The Morgan fingerprint density at radius 2 is 2.10 bits per heavy atom. The van der Waals surface area contributed by atoms with Crippen molar-refractivity contribution in [1.29, 1.82) is 0 Å². The molecule has 0 radical (unpaired) electrons. The standard InChI is InChI=1S/C8H7NO/c1-2-8(10)7-3-5-9-6-4-7/h1,3-6,8,10H/t8-/m1/s1. The number of rotatable bonds is 1. The molecule has 1 rings (SSSR count). The third-order valence-electron chi connectivity index (χ3n) is 1.18. The molecule has 2 heteroatoms. The topological polar surface area (TPSA) is 33.1 Å². The Morgan fingerprint density at radius 1 is 1.50 bits per heavy atom. The van der Waals surface area contributed by atoms with E-state index in [4.69, 9.17) is 11.5 Å². The van der Waals surface area contributed by atoms with Crippen LogP contribution in [0.5, 0.6) is 0 Å². The molecule has 0 aliphatic rings. The van der Waals surface area contributed by atoms with E-state index in [0.717, 1.165) is 0 Å². The summed E-state index contributed by atoms with van der Waals surface area (Å²) in [7, 11) is 0. The van der Waals surface area contributed by atoms with Crippen LogP contribution >= 0.6 is 0 Å². The molecule has 0 aromatic carbocycles.